The van der Waals surface area contributed by atoms with Crippen molar-refractivity contribution in [1.29, 1.82) is 0 Å². The minimum atomic E-state index is -0.858. The van der Waals surface area contributed by atoms with E-state index in [1.54, 1.807) is 0 Å². The zero-order chi connectivity index (χ0) is 14.0. The molecule has 1 unspecified atom stereocenters. The number of aryl methyl sites for hydroxylation is 1. The summed E-state index contributed by atoms with van der Waals surface area (Å²) in [6.07, 6.45) is -0.636. The Morgan fingerprint density at radius 1 is 1.37 bits per heavy atom. The number of aliphatic hydroxyl groups is 1. The van der Waals surface area contributed by atoms with Crippen LogP contribution >= 0.6 is 27.3 Å². The Morgan fingerprint density at radius 3 is 2.74 bits per heavy atom. The number of thiazole rings is 1. The normalized spacial score (nSPS) is 12.7. The molecule has 2 aromatic rings. The molecule has 0 saturated carbocycles. The van der Waals surface area contributed by atoms with Crippen LogP contribution in [0.2, 0.25) is 0 Å². The molecule has 2 nitrogen and oxygen atoms in total. The van der Waals surface area contributed by atoms with E-state index in [0.717, 1.165) is 10.7 Å². The van der Waals surface area contributed by atoms with Gasteiger partial charge >= 0.3 is 0 Å². The SMILES string of the molecule is Cc1csc(CC(O)Cc2c(F)ccc(Br)c2F)n1. The van der Waals surface area contributed by atoms with Crippen LogP contribution in [0.15, 0.2) is 22.0 Å². The number of nitrogens with zero attached hydrogens (tertiary/aromatic N) is 1. The van der Waals surface area contributed by atoms with Crippen molar-refractivity contribution < 1.29 is 13.9 Å². The molecule has 1 heterocycles. The van der Waals surface area contributed by atoms with Gasteiger partial charge < -0.3 is 5.11 Å². The second-order valence-corrected chi connectivity index (χ2v) is 6.06. The first kappa shape index (κ1) is 14.6. The second kappa shape index (κ2) is 6.07. The molecule has 0 bridgehead atoms. The molecule has 1 atom stereocenters. The van der Waals surface area contributed by atoms with E-state index < -0.39 is 17.7 Å². The van der Waals surface area contributed by atoms with Gasteiger partial charge in [0.05, 0.1) is 15.6 Å². The molecule has 0 spiro atoms. The van der Waals surface area contributed by atoms with Crippen LogP contribution in [0.3, 0.4) is 0 Å². The number of rotatable bonds is 4. The van der Waals surface area contributed by atoms with E-state index in [-0.39, 0.29) is 16.5 Å². The van der Waals surface area contributed by atoms with Crippen molar-refractivity contribution >= 4 is 27.3 Å². The van der Waals surface area contributed by atoms with Gasteiger partial charge in [-0.2, -0.15) is 0 Å². The Morgan fingerprint density at radius 2 is 2.11 bits per heavy atom. The van der Waals surface area contributed by atoms with E-state index >= 15 is 0 Å². The molecule has 0 aliphatic rings. The maximum Gasteiger partial charge on any atom is 0.143 e. The number of aliphatic hydroxyl groups excluding tert-OH is 1. The Balaban J connectivity index is 2.11. The van der Waals surface area contributed by atoms with Gasteiger partial charge in [0.1, 0.15) is 11.6 Å². The number of benzene rings is 1. The van der Waals surface area contributed by atoms with E-state index in [1.807, 2.05) is 12.3 Å². The first-order valence-corrected chi connectivity index (χ1v) is 7.36. The number of hydrogen-bond acceptors (Lipinski definition) is 3. The van der Waals surface area contributed by atoms with E-state index in [9.17, 15) is 13.9 Å². The van der Waals surface area contributed by atoms with Crippen molar-refractivity contribution in [3.05, 3.63) is 49.9 Å². The summed E-state index contributed by atoms with van der Waals surface area (Å²) in [4.78, 5) is 4.22. The van der Waals surface area contributed by atoms with E-state index in [4.69, 9.17) is 0 Å². The highest BCUT2D eigenvalue weighted by Gasteiger charge is 2.17. The molecule has 0 fully saturated rings. The molecule has 1 N–H and O–H groups in total. The average Bonchev–Trinajstić information content (AvgIpc) is 2.75. The van der Waals surface area contributed by atoms with Crippen molar-refractivity contribution in [2.45, 2.75) is 25.9 Å². The van der Waals surface area contributed by atoms with Gasteiger partial charge in [0.2, 0.25) is 0 Å². The van der Waals surface area contributed by atoms with Gasteiger partial charge in [-0.3, -0.25) is 0 Å². The molecule has 102 valence electrons. The van der Waals surface area contributed by atoms with Gasteiger partial charge in [-0.05, 0) is 35.0 Å². The smallest absolute Gasteiger partial charge is 0.143 e. The lowest BCUT2D eigenvalue weighted by Crippen LogP contribution is -2.16. The van der Waals surface area contributed by atoms with Gasteiger partial charge in [0.15, 0.2) is 0 Å². The molecule has 0 radical (unpaired) electrons. The molecular formula is C13H12BrF2NOS. The van der Waals surface area contributed by atoms with Crippen LogP contribution in [0.1, 0.15) is 16.3 Å². The lowest BCUT2D eigenvalue weighted by atomic mass is 10.0. The Bertz CT molecular complexity index is 588. The minimum Gasteiger partial charge on any atom is -0.392 e. The minimum absolute atomic E-state index is 0.0737. The molecule has 19 heavy (non-hydrogen) atoms. The molecule has 2 rings (SSSR count). The van der Waals surface area contributed by atoms with Crippen molar-refractivity contribution in [2.75, 3.05) is 0 Å². The monoisotopic (exact) mass is 347 g/mol. The van der Waals surface area contributed by atoms with E-state index in [0.29, 0.717) is 6.42 Å². The third kappa shape index (κ3) is 3.58. The van der Waals surface area contributed by atoms with Crippen molar-refractivity contribution in [3.8, 4) is 0 Å². The lowest BCUT2D eigenvalue weighted by Gasteiger charge is -2.11. The highest BCUT2D eigenvalue weighted by Crippen LogP contribution is 2.23. The highest BCUT2D eigenvalue weighted by molar-refractivity contribution is 9.10. The predicted octanol–water partition coefficient (Wildman–Crippen LogP) is 3.64. The van der Waals surface area contributed by atoms with Crippen molar-refractivity contribution in [3.63, 3.8) is 0 Å². The zero-order valence-corrected chi connectivity index (χ0v) is 12.6. The van der Waals surface area contributed by atoms with Gasteiger partial charge in [-0.1, -0.05) is 0 Å². The molecule has 0 saturated heterocycles. The molecule has 1 aromatic heterocycles. The number of aromatic nitrogens is 1. The van der Waals surface area contributed by atoms with Gasteiger partial charge in [0, 0.05) is 29.5 Å². The molecule has 6 heteroatoms. The van der Waals surface area contributed by atoms with Crippen LogP contribution in [0.25, 0.3) is 0 Å². The van der Waals surface area contributed by atoms with E-state index in [1.165, 1.54) is 23.5 Å². The Hall–Kier alpha value is -0.850. The maximum atomic E-state index is 13.8. The summed E-state index contributed by atoms with van der Waals surface area (Å²) >= 11 is 4.44. The maximum absolute atomic E-state index is 13.8. The van der Waals surface area contributed by atoms with Crippen LogP contribution in [0, 0.1) is 18.6 Å². The molecule has 0 amide bonds. The fraction of sp³-hybridized carbons (Fsp3) is 0.308. The van der Waals surface area contributed by atoms with Crippen molar-refractivity contribution in [2.24, 2.45) is 0 Å². The first-order chi connectivity index (χ1) is 8.97. The summed E-state index contributed by atoms with van der Waals surface area (Å²) in [7, 11) is 0. The van der Waals surface area contributed by atoms with Crippen LogP contribution in [-0.2, 0) is 12.8 Å². The zero-order valence-electron chi connectivity index (χ0n) is 10.2. The largest absolute Gasteiger partial charge is 0.392 e. The molecule has 0 aliphatic carbocycles. The van der Waals surface area contributed by atoms with Crippen LogP contribution in [0.4, 0.5) is 8.78 Å². The van der Waals surface area contributed by atoms with Crippen LogP contribution in [-0.4, -0.2) is 16.2 Å². The summed E-state index contributed by atoms with van der Waals surface area (Å²) in [5, 5.41) is 12.6. The van der Waals surface area contributed by atoms with Gasteiger partial charge in [-0.25, -0.2) is 13.8 Å². The fourth-order valence-electron chi connectivity index (χ4n) is 1.76. The number of hydrogen-bond donors (Lipinski definition) is 1. The third-order valence-electron chi connectivity index (χ3n) is 2.66. The molecular weight excluding hydrogens is 336 g/mol. The first-order valence-electron chi connectivity index (χ1n) is 5.69. The lowest BCUT2D eigenvalue weighted by molar-refractivity contribution is 0.172. The summed E-state index contributed by atoms with van der Waals surface area (Å²) in [6.45, 7) is 1.86. The van der Waals surface area contributed by atoms with Crippen LogP contribution in [0.5, 0.6) is 0 Å². The Kier molecular flexibility index (Phi) is 4.65. The quantitative estimate of drug-likeness (QED) is 0.856. The summed E-state index contributed by atoms with van der Waals surface area (Å²) in [5.41, 5.74) is 0.780. The third-order valence-corrected chi connectivity index (χ3v) is 4.26. The average molecular weight is 348 g/mol. The second-order valence-electron chi connectivity index (χ2n) is 4.27. The highest BCUT2D eigenvalue weighted by atomic mass is 79.9. The van der Waals surface area contributed by atoms with Gasteiger partial charge in [0.25, 0.3) is 0 Å². The van der Waals surface area contributed by atoms with E-state index in [2.05, 4.69) is 20.9 Å². The van der Waals surface area contributed by atoms with Gasteiger partial charge in [-0.15, -0.1) is 11.3 Å². The summed E-state index contributed by atoms with van der Waals surface area (Å²) in [5.74, 6) is -1.30. The Labute approximate surface area is 122 Å². The number of halogens is 3. The standard InChI is InChI=1S/C13H12BrF2NOS/c1-7-6-19-12(17-7)5-8(18)4-9-11(15)3-2-10(14)13(9)16/h2-3,6,8,18H,4-5H2,1H3. The van der Waals surface area contributed by atoms with Crippen LogP contribution < -0.4 is 0 Å². The molecule has 1 aromatic carbocycles. The summed E-state index contributed by atoms with van der Waals surface area (Å²) in [6, 6.07) is 2.49. The van der Waals surface area contributed by atoms with Crippen molar-refractivity contribution in [1.82, 2.24) is 4.98 Å². The topological polar surface area (TPSA) is 33.1 Å². The summed E-state index contributed by atoms with van der Waals surface area (Å²) < 4.78 is 27.5. The predicted molar refractivity (Wildman–Crippen MR) is 74.3 cm³/mol. The molecule has 0 aliphatic heterocycles. The fourth-order valence-corrected chi connectivity index (χ4v) is 2.98.